The Hall–Kier alpha value is -5.72. The van der Waals surface area contributed by atoms with Crippen molar-refractivity contribution in [1.82, 2.24) is 9.80 Å². The Morgan fingerprint density at radius 3 is 1.89 bits per heavy atom. The van der Waals surface area contributed by atoms with E-state index >= 15 is 0 Å². The summed E-state index contributed by atoms with van der Waals surface area (Å²) < 4.78 is 58.6. The van der Waals surface area contributed by atoms with Crippen LogP contribution in [0.15, 0.2) is 91.0 Å². The average molecular weight is 749 g/mol. The standard InChI is InChI=1S/C41H43F3N2O8/c1-26(2)25-51-39(50)46-24-29-22-35(53-32-14-9-30(10-15-32)40(3,4)5)13-8-28(29)23-36(46)37(47)45(38(48)49)21-20-27-6-11-31(12-7-27)52-33-16-18-34(19-17-33)54-41(42,43)44/h6-19,22,26,36H,20-21,23-25H2,1-5H3,(H,48,49)/t36-/m0/s1. The summed E-state index contributed by atoms with van der Waals surface area (Å²) in [5, 5.41) is 10.1. The third kappa shape index (κ3) is 10.7. The molecule has 3 amide bonds. The maximum atomic E-state index is 14.0. The van der Waals surface area contributed by atoms with E-state index in [1.54, 1.807) is 30.3 Å². The SMILES string of the molecule is CC(C)COC(=O)N1Cc2cc(Oc3ccc(C(C)(C)C)cc3)ccc2C[C@H]1C(=O)N(CCc1ccc(Oc2ccc(OC(F)(F)F)cc2)cc1)C(=O)O. The number of halogens is 3. The van der Waals surface area contributed by atoms with Gasteiger partial charge in [-0.2, -0.15) is 0 Å². The maximum absolute atomic E-state index is 14.0. The van der Waals surface area contributed by atoms with Gasteiger partial charge in [-0.25, -0.2) is 14.5 Å². The summed E-state index contributed by atoms with van der Waals surface area (Å²) in [5.74, 6) is 0.760. The van der Waals surface area contributed by atoms with Gasteiger partial charge in [0, 0.05) is 13.0 Å². The Bertz CT molecular complexity index is 1920. The Labute approximate surface area is 312 Å². The van der Waals surface area contributed by atoms with Crippen LogP contribution in [0.2, 0.25) is 0 Å². The molecule has 0 fully saturated rings. The van der Waals surface area contributed by atoms with E-state index in [9.17, 15) is 32.7 Å². The summed E-state index contributed by atoms with van der Waals surface area (Å²) in [5.41, 5.74) is 3.38. The molecule has 1 aliphatic rings. The van der Waals surface area contributed by atoms with Crippen molar-refractivity contribution < 1.29 is 51.6 Å². The zero-order valence-corrected chi connectivity index (χ0v) is 30.7. The normalized spacial score (nSPS) is 14.2. The molecule has 0 aromatic heterocycles. The molecule has 0 radical (unpaired) electrons. The number of amides is 3. The van der Waals surface area contributed by atoms with E-state index in [1.807, 2.05) is 50.2 Å². The fourth-order valence-electron chi connectivity index (χ4n) is 5.81. The molecule has 10 nitrogen and oxygen atoms in total. The second-order valence-corrected chi connectivity index (χ2v) is 14.4. The van der Waals surface area contributed by atoms with E-state index in [4.69, 9.17) is 14.2 Å². The summed E-state index contributed by atoms with van der Waals surface area (Å²) in [4.78, 5) is 41.8. The van der Waals surface area contributed by atoms with Crippen LogP contribution in [0.25, 0.3) is 0 Å². The number of hydrogen-bond acceptors (Lipinski definition) is 7. The minimum atomic E-state index is -4.81. The van der Waals surface area contributed by atoms with Crippen molar-refractivity contribution in [2.45, 2.75) is 71.8 Å². The number of carbonyl (C=O) groups excluding carboxylic acids is 2. The molecule has 0 bridgehead atoms. The maximum Gasteiger partial charge on any atom is 0.573 e. The number of nitrogens with zero attached hydrogens (tertiary/aromatic N) is 2. The van der Waals surface area contributed by atoms with Gasteiger partial charge in [0.1, 0.15) is 34.8 Å². The summed E-state index contributed by atoms with van der Waals surface area (Å²) >= 11 is 0. The summed E-state index contributed by atoms with van der Waals surface area (Å²) in [7, 11) is 0. The quantitative estimate of drug-likeness (QED) is 0.161. The highest BCUT2D eigenvalue weighted by molar-refractivity contribution is 5.96. The minimum Gasteiger partial charge on any atom is -0.465 e. The van der Waals surface area contributed by atoms with Crippen LogP contribution in [-0.4, -0.2) is 58.6 Å². The second kappa shape index (κ2) is 16.5. The van der Waals surface area contributed by atoms with Gasteiger partial charge in [-0.1, -0.05) is 65.0 Å². The smallest absolute Gasteiger partial charge is 0.465 e. The lowest BCUT2D eigenvalue weighted by Gasteiger charge is -2.37. The fourth-order valence-corrected chi connectivity index (χ4v) is 5.81. The number of ether oxygens (including phenoxy) is 4. The second-order valence-electron chi connectivity index (χ2n) is 14.4. The molecular formula is C41H43F3N2O8. The van der Waals surface area contributed by atoms with Gasteiger partial charge in [-0.15, -0.1) is 13.2 Å². The molecule has 0 unspecified atom stereocenters. The first-order valence-corrected chi connectivity index (χ1v) is 17.5. The molecule has 0 saturated carbocycles. The Morgan fingerprint density at radius 1 is 0.796 bits per heavy atom. The summed E-state index contributed by atoms with van der Waals surface area (Å²) in [6.07, 6.45) is -6.74. The highest BCUT2D eigenvalue weighted by Gasteiger charge is 2.40. The molecular weight excluding hydrogens is 705 g/mol. The molecule has 1 atom stereocenters. The molecule has 286 valence electrons. The number of hydrogen-bond donors (Lipinski definition) is 1. The molecule has 5 rings (SSSR count). The van der Waals surface area contributed by atoms with Gasteiger partial charge in [-0.3, -0.25) is 9.69 Å². The van der Waals surface area contributed by atoms with E-state index in [-0.39, 0.29) is 55.4 Å². The van der Waals surface area contributed by atoms with Crippen molar-refractivity contribution in [3.8, 4) is 28.7 Å². The molecule has 0 aliphatic carbocycles. The van der Waals surface area contributed by atoms with E-state index in [0.29, 0.717) is 27.7 Å². The lowest BCUT2D eigenvalue weighted by molar-refractivity contribution is -0.274. The van der Waals surface area contributed by atoms with Crippen LogP contribution in [0, 0.1) is 5.92 Å². The zero-order chi connectivity index (χ0) is 39.2. The molecule has 0 saturated heterocycles. The van der Waals surface area contributed by atoms with Gasteiger partial charge < -0.3 is 24.1 Å². The largest absolute Gasteiger partial charge is 0.573 e. The van der Waals surface area contributed by atoms with Crippen LogP contribution >= 0.6 is 0 Å². The van der Waals surface area contributed by atoms with Gasteiger partial charge in [0.05, 0.1) is 13.2 Å². The third-order valence-corrected chi connectivity index (χ3v) is 8.66. The molecule has 4 aromatic carbocycles. The molecule has 13 heteroatoms. The highest BCUT2D eigenvalue weighted by atomic mass is 19.4. The lowest BCUT2D eigenvalue weighted by Crippen LogP contribution is -2.55. The molecule has 1 aliphatic heterocycles. The Kier molecular flexibility index (Phi) is 12.1. The van der Waals surface area contributed by atoms with Crippen LogP contribution in [0.5, 0.6) is 28.7 Å². The topological polar surface area (TPSA) is 115 Å². The molecule has 0 spiro atoms. The van der Waals surface area contributed by atoms with E-state index in [0.717, 1.165) is 23.3 Å². The first-order valence-electron chi connectivity index (χ1n) is 17.5. The fraction of sp³-hybridized carbons (Fsp3) is 0.341. The first-order chi connectivity index (χ1) is 25.4. The number of rotatable bonds is 11. The summed E-state index contributed by atoms with van der Waals surface area (Å²) in [6.45, 7) is 10.1. The molecule has 4 aromatic rings. The van der Waals surface area contributed by atoms with Gasteiger partial charge in [0.15, 0.2) is 0 Å². The number of fused-ring (bicyclic) bond motifs is 1. The van der Waals surface area contributed by atoms with Gasteiger partial charge in [-0.05, 0) is 101 Å². The van der Waals surface area contributed by atoms with Crippen molar-refractivity contribution in [2.24, 2.45) is 5.92 Å². The van der Waals surface area contributed by atoms with Crippen molar-refractivity contribution >= 4 is 18.1 Å². The van der Waals surface area contributed by atoms with Crippen molar-refractivity contribution in [3.05, 3.63) is 113 Å². The minimum absolute atomic E-state index is 0.00892. The van der Waals surface area contributed by atoms with Crippen molar-refractivity contribution in [2.75, 3.05) is 13.2 Å². The number of imide groups is 1. The lowest BCUT2D eigenvalue weighted by atomic mass is 9.87. The van der Waals surface area contributed by atoms with Gasteiger partial charge in [0.2, 0.25) is 0 Å². The third-order valence-electron chi connectivity index (χ3n) is 8.66. The monoisotopic (exact) mass is 748 g/mol. The number of carbonyl (C=O) groups is 3. The predicted octanol–water partition coefficient (Wildman–Crippen LogP) is 9.74. The first kappa shape index (κ1) is 39.5. The number of benzene rings is 4. The predicted molar refractivity (Wildman–Crippen MR) is 194 cm³/mol. The van der Waals surface area contributed by atoms with Gasteiger partial charge >= 0.3 is 18.5 Å². The van der Waals surface area contributed by atoms with E-state index < -0.39 is 30.5 Å². The number of alkyl halides is 3. The average Bonchev–Trinajstić information content (AvgIpc) is 3.10. The van der Waals surface area contributed by atoms with Crippen LogP contribution in [0.1, 0.15) is 56.9 Å². The van der Waals surface area contributed by atoms with Crippen molar-refractivity contribution in [3.63, 3.8) is 0 Å². The molecule has 1 N–H and O–H groups in total. The zero-order valence-electron chi connectivity index (χ0n) is 30.7. The van der Waals surface area contributed by atoms with E-state index in [2.05, 4.69) is 25.5 Å². The highest BCUT2D eigenvalue weighted by Crippen LogP contribution is 2.33. The molecule has 1 heterocycles. The van der Waals surface area contributed by atoms with Gasteiger partial charge in [0.25, 0.3) is 5.91 Å². The van der Waals surface area contributed by atoms with Crippen molar-refractivity contribution in [1.29, 1.82) is 0 Å². The van der Waals surface area contributed by atoms with E-state index in [1.165, 1.54) is 22.6 Å². The summed E-state index contributed by atoms with van der Waals surface area (Å²) in [6, 6.07) is 23.6. The van der Waals surface area contributed by atoms with Crippen LogP contribution < -0.4 is 14.2 Å². The molecule has 54 heavy (non-hydrogen) atoms. The van der Waals surface area contributed by atoms with Crippen LogP contribution in [-0.2, 0) is 34.3 Å². The Morgan fingerprint density at radius 2 is 1.33 bits per heavy atom. The Balaban J connectivity index is 1.27. The number of carboxylic acid groups (broad SMARTS) is 1. The van der Waals surface area contributed by atoms with Crippen LogP contribution in [0.4, 0.5) is 22.8 Å². The van der Waals surface area contributed by atoms with Crippen LogP contribution in [0.3, 0.4) is 0 Å².